The summed E-state index contributed by atoms with van der Waals surface area (Å²) in [7, 11) is 0. The monoisotopic (exact) mass is 251 g/mol. The maximum Gasteiger partial charge on any atom is 0.170 e. The van der Waals surface area contributed by atoms with Gasteiger partial charge in [0.1, 0.15) is 0 Å². The molecule has 1 aromatic heterocycles. The first-order valence-electron chi connectivity index (χ1n) is 4.45. The fourth-order valence-electron chi connectivity index (χ4n) is 1.11. The Morgan fingerprint density at radius 2 is 2.12 bits per heavy atom. The van der Waals surface area contributed by atoms with Crippen LogP contribution in [-0.2, 0) is 0 Å². The average molecular weight is 251 g/mol. The molecule has 0 aliphatic rings. The van der Waals surface area contributed by atoms with Crippen LogP contribution in [0, 0.1) is 0 Å². The first-order valence-corrected chi connectivity index (χ1v) is 6.14. The number of rotatable bonds is 3. The molecule has 6 heteroatoms. The van der Waals surface area contributed by atoms with Crippen molar-refractivity contribution in [3.63, 3.8) is 0 Å². The Balaban J connectivity index is 2.14. The third kappa shape index (κ3) is 2.53. The molecule has 0 aliphatic carbocycles. The van der Waals surface area contributed by atoms with Gasteiger partial charge in [0.05, 0.1) is 0 Å². The largest absolute Gasteiger partial charge is 0.409 e. The number of benzene rings is 1. The Kier molecular flexibility index (Phi) is 3.43. The molecule has 0 aliphatic heterocycles. The maximum absolute atomic E-state index is 8.51. The highest BCUT2D eigenvalue weighted by atomic mass is 32.2. The summed E-state index contributed by atoms with van der Waals surface area (Å²) >= 11 is 3.18. The molecule has 1 heterocycles. The summed E-state index contributed by atoms with van der Waals surface area (Å²) in [6.07, 6.45) is 1.78. The highest BCUT2D eigenvalue weighted by Crippen LogP contribution is 2.28. The van der Waals surface area contributed by atoms with Crippen molar-refractivity contribution >= 4 is 28.9 Å². The molecule has 0 saturated carbocycles. The summed E-state index contributed by atoms with van der Waals surface area (Å²) in [6, 6.07) is 7.45. The lowest BCUT2D eigenvalue weighted by Crippen LogP contribution is -2.12. The highest BCUT2D eigenvalue weighted by Gasteiger charge is 2.02. The molecule has 3 N–H and O–H groups in total. The molecule has 2 rings (SSSR count). The number of oxime groups is 1. The third-order valence-corrected chi connectivity index (χ3v) is 3.76. The summed E-state index contributed by atoms with van der Waals surface area (Å²) in [6.45, 7) is 0. The van der Waals surface area contributed by atoms with Gasteiger partial charge in [0.25, 0.3) is 0 Å². The number of amidine groups is 1. The van der Waals surface area contributed by atoms with Crippen LogP contribution in [0.4, 0.5) is 0 Å². The van der Waals surface area contributed by atoms with E-state index in [1.165, 1.54) is 0 Å². The minimum atomic E-state index is 0.116. The van der Waals surface area contributed by atoms with Crippen molar-refractivity contribution in [1.82, 2.24) is 4.98 Å². The lowest BCUT2D eigenvalue weighted by molar-refractivity contribution is 0.318. The molecule has 0 atom stereocenters. The normalized spacial score (nSPS) is 11.6. The van der Waals surface area contributed by atoms with E-state index < -0.39 is 0 Å². The molecule has 0 unspecified atom stereocenters. The first-order chi connectivity index (χ1) is 7.79. The predicted octanol–water partition coefficient (Wildman–Crippen LogP) is 2.39. The zero-order chi connectivity index (χ0) is 11.4. The van der Waals surface area contributed by atoms with Gasteiger partial charge < -0.3 is 10.9 Å². The van der Waals surface area contributed by atoms with Crippen molar-refractivity contribution in [2.75, 3.05) is 0 Å². The molecular weight excluding hydrogens is 242 g/mol. The zero-order valence-electron chi connectivity index (χ0n) is 8.20. The number of thiazole rings is 1. The van der Waals surface area contributed by atoms with Crippen LogP contribution in [-0.4, -0.2) is 16.0 Å². The first kappa shape index (κ1) is 11.0. The lowest BCUT2D eigenvalue weighted by atomic mass is 10.2. The topological polar surface area (TPSA) is 71.5 Å². The van der Waals surface area contributed by atoms with Gasteiger partial charge in [-0.15, -0.1) is 11.3 Å². The van der Waals surface area contributed by atoms with Crippen molar-refractivity contribution in [2.24, 2.45) is 10.9 Å². The van der Waals surface area contributed by atoms with E-state index in [-0.39, 0.29) is 5.84 Å². The summed E-state index contributed by atoms with van der Waals surface area (Å²) in [4.78, 5) is 5.25. The number of hydrogen-bond acceptors (Lipinski definition) is 5. The van der Waals surface area contributed by atoms with Crippen LogP contribution in [0.2, 0.25) is 0 Å². The molecule has 0 saturated heterocycles. The summed E-state index contributed by atoms with van der Waals surface area (Å²) in [5.74, 6) is 0.116. The Morgan fingerprint density at radius 3 is 2.69 bits per heavy atom. The number of aromatic nitrogens is 1. The second kappa shape index (κ2) is 5.00. The van der Waals surface area contributed by atoms with E-state index in [9.17, 15) is 0 Å². The molecule has 0 fully saturated rings. The third-order valence-electron chi connectivity index (χ3n) is 1.87. The SMILES string of the molecule is N/C(=N/O)c1ccc(Sc2nccs2)cc1. The molecular formula is C10H9N3OS2. The number of nitrogens with zero attached hydrogens (tertiary/aromatic N) is 2. The summed E-state index contributed by atoms with van der Waals surface area (Å²) < 4.78 is 0.997. The van der Waals surface area contributed by atoms with Gasteiger partial charge in [-0.3, -0.25) is 0 Å². The van der Waals surface area contributed by atoms with Gasteiger partial charge in [-0.2, -0.15) is 0 Å². The molecule has 1 aromatic carbocycles. The molecule has 16 heavy (non-hydrogen) atoms. The molecule has 2 aromatic rings. The molecule has 0 amide bonds. The van der Waals surface area contributed by atoms with Gasteiger partial charge in [0, 0.05) is 22.0 Å². The van der Waals surface area contributed by atoms with Crippen LogP contribution in [0.15, 0.2) is 50.2 Å². The smallest absolute Gasteiger partial charge is 0.170 e. The Bertz CT molecular complexity index is 479. The minimum absolute atomic E-state index is 0.116. The molecule has 0 spiro atoms. The fourth-order valence-corrected chi connectivity index (χ4v) is 2.71. The van der Waals surface area contributed by atoms with Gasteiger partial charge in [-0.05, 0) is 12.1 Å². The molecule has 82 valence electrons. The van der Waals surface area contributed by atoms with Gasteiger partial charge in [0.15, 0.2) is 10.2 Å². The van der Waals surface area contributed by atoms with E-state index >= 15 is 0 Å². The van der Waals surface area contributed by atoms with Crippen molar-refractivity contribution in [2.45, 2.75) is 9.24 Å². The van der Waals surface area contributed by atoms with Crippen molar-refractivity contribution < 1.29 is 5.21 Å². The van der Waals surface area contributed by atoms with Crippen LogP contribution < -0.4 is 5.73 Å². The second-order valence-corrected chi connectivity index (χ2v) is 5.12. The zero-order valence-corrected chi connectivity index (χ0v) is 9.83. The average Bonchev–Trinajstić information content (AvgIpc) is 2.82. The Morgan fingerprint density at radius 1 is 1.38 bits per heavy atom. The number of hydrogen-bond donors (Lipinski definition) is 2. The van der Waals surface area contributed by atoms with Gasteiger partial charge >= 0.3 is 0 Å². The highest BCUT2D eigenvalue weighted by molar-refractivity contribution is 8.01. The van der Waals surface area contributed by atoms with Crippen LogP contribution in [0.1, 0.15) is 5.56 Å². The Hall–Kier alpha value is -1.53. The van der Waals surface area contributed by atoms with E-state index in [2.05, 4.69) is 10.1 Å². The van der Waals surface area contributed by atoms with E-state index in [0.717, 1.165) is 9.24 Å². The van der Waals surface area contributed by atoms with Crippen LogP contribution >= 0.6 is 23.1 Å². The fraction of sp³-hybridized carbons (Fsp3) is 0. The van der Waals surface area contributed by atoms with E-state index in [4.69, 9.17) is 10.9 Å². The minimum Gasteiger partial charge on any atom is -0.409 e. The maximum atomic E-state index is 8.51. The van der Waals surface area contributed by atoms with Gasteiger partial charge in [-0.1, -0.05) is 29.1 Å². The quantitative estimate of drug-likeness (QED) is 0.380. The standard InChI is InChI=1S/C10H9N3OS2/c11-9(13-14)7-1-3-8(4-2-7)16-10-12-5-6-15-10/h1-6,14H,(H2,11,13). The van der Waals surface area contributed by atoms with E-state index in [1.807, 2.05) is 29.6 Å². The van der Waals surface area contributed by atoms with Crippen molar-refractivity contribution in [1.29, 1.82) is 0 Å². The van der Waals surface area contributed by atoms with Gasteiger partial charge in [0.2, 0.25) is 0 Å². The second-order valence-electron chi connectivity index (χ2n) is 2.91. The van der Waals surface area contributed by atoms with Gasteiger partial charge in [-0.25, -0.2) is 4.98 Å². The Labute approximate surface area is 101 Å². The molecule has 0 bridgehead atoms. The van der Waals surface area contributed by atoms with E-state index in [0.29, 0.717) is 5.56 Å². The lowest BCUT2D eigenvalue weighted by Gasteiger charge is -2.00. The van der Waals surface area contributed by atoms with Crippen molar-refractivity contribution in [3.05, 3.63) is 41.4 Å². The summed E-state index contributed by atoms with van der Waals surface area (Å²) in [5, 5.41) is 13.4. The van der Waals surface area contributed by atoms with Crippen LogP contribution in [0.25, 0.3) is 0 Å². The van der Waals surface area contributed by atoms with Crippen LogP contribution in [0.3, 0.4) is 0 Å². The molecule has 0 radical (unpaired) electrons. The molecule has 4 nitrogen and oxygen atoms in total. The summed E-state index contributed by atoms with van der Waals surface area (Å²) in [5.41, 5.74) is 6.16. The van der Waals surface area contributed by atoms with E-state index in [1.54, 1.807) is 29.3 Å². The van der Waals surface area contributed by atoms with Crippen molar-refractivity contribution in [3.8, 4) is 0 Å². The predicted molar refractivity (Wildman–Crippen MR) is 65.2 cm³/mol. The number of nitrogens with two attached hydrogens (primary N) is 1. The van der Waals surface area contributed by atoms with Crippen LogP contribution in [0.5, 0.6) is 0 Å².